The number of ether oxygens (including phenoxy) is 1. The Bertz CT molecular complexity index is 525. The van der Waals surface area contributed by atoms with Gasteiger partial charge in [0.2, 0.25) is 0 Å². The first kappa shape index (κ1) is 18.5. The van der Waals surface area contributed by atoms with Crippen LogP contribution in [0.3, 0.4) is 0 Å². The van der Waals surface area contributed by atoms with Crippen LogP contribution in [0.1, 0.15) is 63.1 Å². The van der Waals surface area contributed by atoms with Crippen molar-refractivity contribution in [3.05, 3.63) is 41.5 Å². The van der Waals surface area contributed by atoms with E-state index in [-0.39, 0.29) is 5.60 Å². The predicted molar refractivity (Wildman–Crippen MR) is 105 cm³/mol. The molecular weight excluding hydrogens is 296 g/mol. The molecule has 1 aliphatic rings. The van der Waals surface area contributed by atoms with E-state index in [9.17, 15) is 0 Å². The second kappa shape index (κ2) is 7.81. The van der Waals surface area contributed by atoms with Crippen molar-refractivity contribution in [2.24, 2.45) is 0 Å². The van der Waals surface area contributed by atoms with Crippen molar-refractivity contribution in [3.63, 3.8) is 0 Å². The van der Waals surface area contributed by atoms with Gasteiger partial charge in [-0.05, 0) is 43.9 Å². The van der Waals surface area contributed by atoms with Gasteiger partial charge >= 0.3 is 0 Å². The number of allylic oxidation sites excluding steroid dienone is 1. The zero-order valence-electron chi connectivity index (χ0n) is 15.7. The Balaban J connectivity index is 1.70. The third-order valence-corrected chi connectivity index (χ3v) is 8.72. The molecule has 0 aromatic heterocycles. The molecule has 0 spiro atoms. The second-order valence-electron chi connectivity index (χ2n) is 8.58. The lowest BCUT2D eigenvalue weighted by Crippen LogP contribution is -2.33. The average molecular weight is 331 g/mol. The molecule has 1 atom stereocenters. The molecule has 0 heterocycles. The van der Waals surface area contributed by atoms with Gasteiger partial charge < -0.3 is 4.74 Å². The molecule has 128 valence electrons. The number of hydrogen-bond acceptors (Lipinski definition) is 1. The first-order chi connectivity index (χ1) is 10.8. The van der Waals surface area contributed by atoms with Crippen LogP contribution in [0.2, 0.25) is 19.1 Å². The Morgan fingerprint density at radius 3 is 2.43 bits per heavy atom. The van der Waals surface area contributed by atoms with E-state index in [1.807, 2.05) is 0 Å². The molecule has 1 nitrogen and oxygen atoms in total. The lowest BCUT2D eigenvalue weighted by Gasteiger charge is -2.29. The van der Waals surface area contributed by atoms with Crippen LogP contribution in [0.25, 0.3) is 6.08 Å². The molecule has 0 fully saturated rings. The monoisotopic (exact) mass is 330 g/mol. The van der Waals surface area contributed by atoms with E-state index in [4.69, 9.17) is 4.74 Å². The summed E-state index contributed by atoms with van der Waals surface area (Å²) in [5, 5.41) is 0. The summed E-state index contributed by atoms with van der Waals surface area (Å²) in [6, 6.07) is 10.4. The molecule has 0 bridgehead atoms. The van der Waals surface area contributed by atoms with E-state index >= 15 is 0 Å². The van der Waals surface area contributed by atoms with Gasteiger partial charge in [0.25, 0.3) is 0 Å². The van der Waals surface area contributed by atoms with Crippen LogP contribution in [-0.2, 0) is 4.74 Å². The highest BCUT2D eigenvalue weighted by molar-refractivity contribution is 6.79. The van der Waals surface area contributed by atoms with Crippen molar-refractivity contribution in [1.29, 1.82) is 0 Å². The maximum Gasteiger partial charge on any atom is 0.0598 e. The molecule has 2 heteroatoms. The fourth-order valence-electron chi connectivity index (χ4n) is 3.50. The highest BCUT2D eigenvalue weighted by Gasteiger charge is 2.33. The van der Waals surface area contributed by atoms with E-state index in [2.05, 4.69) is 70.3 Å². The van der Waals surface area contributed by atoms with Crippen LogP contribution in [0.5, 0.6) is 0 Å². The zero-order chi connectivity index (χ0) is 16.9. The Morgan fingerprint density at radius 1 is 1.00 bits per heavy atom. The summed E-state index contributed by atoms with van der Waals surface area (Å²) in [5.41, 5.74) is 3.74. The summed E-state index contributed by atoms with van der Waals surface area (Å²) in [6.45, 7) is 12.4. The van der Waals surface area contributed by atoms with E-state index in [1.54, 1.807) is 5.56 Å². The Morgan fingerprint density at radius 2 is 1.70 bits per heavy atom. The van der Waals surface area contributed by atoms with Gasteiger partial charge in [0.1, 0.15) is 0 Å². The molecule has 2 rings (SSSR count). The van der Waals surface area contributed by atoms with Crippen LogP contribution in [0, 0.1) is 0 Å². The van der Waals surface area contributed by atoms with Crippen LogP contribution in [0.15, 0.2) is 30.3 Å². The van der Waals surface area contributed by atoms with Crippen molar-refractivity contribution >= 4 is 14.1 Å². The van der Waals surface area contributed by atoms with Gasteiger partial charge in [-0.2, -0.15) is 0 Å². The average Bonchev–Trinajstić information content (AvgIpc) is 2.89. The maximum absolute atomic E-state index is 5.80. The number of rotatable bonds is 8. The highest BCUT2D eigenvalue weighted by Crippen LogP contribution is 2.39. The van der Waals surface area contributed by atoms with Gasteiger partial charge in [-0.25, -0.2) is 0 Å². The summed E-state index contributed by atoms with van der Waals surface area (Å²) in [4.78, 5) is 0. The summed E-state index contributed by atoms with van der Waals surface area (Å²) in [6.07, 6.45) is 10.0. The summed E-state index contributed by atoms with van der Waals surface area (Å²) in [5.74, 6) is 0. The lowest BCUT2D eigenvalue weighted by atomic mass is 10.1. The van der Waals surface area contributed by atoms with Gasteiger partial charge in [-0.3, -0.25) is 0 Å². The van der Waals surface area contributed by atoms with E-state index in [0.717, 1.165) is 6.61 Å². The summed E-state index contributed by atoms with van der Waals surface area (Å²) in [7, 11) is -1.24. The molecule has 23 heavy (non-hydrogen) atoms. The Hall–Kier alpha value is -0.863. The molecule has 0 N–H and O–H groups in total. The van der Waals surface area contributed by atoms with Crippen LogP contribution < -0.4 is 0 Å². The minimum absolute atomic E-state index is 0.0110. The van der Waals surface area contributed by atoms with E-state index < -0.39 is 8.07 Å². The number of fused-ring (bicyclic) bond motifs is 1. The largest absolute Gasteiger partial charge is 0.376 e. The van der Waals surface area contributed by atoms with Gasteiger partial charge in [-0.1, -0.05) is 74.8 Å². The fraction of sp³-hybridized carbons (Fsp3) is 0.619. The zero-order valence-corrected chi connectivity index (χ0v) is 16.7. The number of unbranched alkanes of at least 4 members (excludes halogenated alkanes) is 3. The maximum atomic E-state index is 5.80. The first-order valence-electron chi connectivity index (χ1n) is 9.21. The van der Waals surface area contributed by atoms with Gasteiger partial charge in [0, 0.05) is 6.61 Å². The SMILES string of the molecule is CC(C)(C)OCCCCCC[Si](C)(C)C1C=Cc2ccccc21. The quantitative estimate of drug-likeness (QED) is 0.395. The molecule has 1 aliphatic carbocycles. The van der Waals surface area contributed by atoms with Crippen molar-refractivity contribution < 1.29 is 4.74 Å². The molecule has 1 aromatic carbocycles. The van der Waals surface area contributed by atoms with Gasteiger partial charge in [0.05, 0.1) is 13.7 Å². The summed E-state index contributed by atoms with van der Waals surface area (Å²) >= 11 is 0. The van der Waals surface area contributed by atoms with E-state index in [0.29, 0.717) is 5.54 Å². The van der Waals surface area contributed by atoms with Crippen molar-refractivity contribution in [1.82, 2.24) is 0 Å². The Labute approximate surface area is 144 Å². The van der Waals surface area contributed by atoms with Crippen molar-refractivity contribution in [2.75, 3.05) is 6.61 Å². The van der Waals surface area contributed by atoms with Crippen LogP contribution >= 0.6 is 0 Å². The predicted octanol–water partition coefficient (Wildman–Crippen LogP) is 6.42. The third-order valence-electron chi connectivity index (χ3n) is 4.89. The molecule has 0 saturated heterocycles. The normalized spacial score (nSPS) is 17.5. The van der Waals surface area contributed by atoms with Crippen LogP contribution in [-0.4, -0.2) is 20.3 Å². The third kappa shape index (κ3) is 5.61. The standard InChI is InChI=1S/C21H34OSi/c1-21(2,3)22-16-10-6-7-11-17-23(4,5)20-15-14-18-12-8-9-13-19(18)20/h8-9,12-15,20H,6-7,10-11,16-17H2,1-5H3. The first-order valence-corrected chi connectivity index (χ1v) is 12.5. The van der Waals surface area contributed by atoms with Crippen LogP contribution in [0.4, 0.5) is 0 Å². The minimum Gasteiger partial charge on any atom is -0.376 e. The van der Waals surface area contributed by atoms with E-state index in [1.165, 1.54) is 37.3 Å². The molecule has 0 radical (unpaired) electrons. The highest BCUT2D eigenvalue weighted by atomic mass is 28.3. The van der Waals surface area contributed by atoms with Gasteiger partial charge in [-0.15, -0.1) is 0 Å². The van der Waals surface area contributed by atoms with Gasteiger partial charge in [0.15, 0.2) is 0 Å². The molecule has 1 aromatic rings. The molecule has 0 aliphatic heterocycles. The lowest BCUT2D eigenvalue weighted by molar-refractivity contribution is -0.00471. The Kier molecular flexibility index (Phi) is 6.27. The topological polar surface area (TPSA) is 9.23 Å². The number of hydrogen-bond donors (Lipinski definition) is 0. The molecule has 0 amide bonds. The smallest absolute Gasteiger partial charge is 0.0598 e. The molecular formula is C21H34OSi. The second-order valence-corrected chi connectivity index (χ2v) is 13.7. The number of benzene rings is 1. The fourth-order valence-corrected chi connectivity index (χ4v) is 6.70. The molecule has 0 saturated carbocycles. The summed E-state index contributed by atoms with van der Waals surface area (Å²) < 4.78 is 5.80. The van der Waals surface area contributed by atoms with Crippen molar-refractivity contribution in [3.8, 4) is 0 Å². The minimum atomic E-state index is -1.24. The molecule has 1 unspecified atom stereocenters. The van der Waals surface area contributed by atoms with Crippen molar-refractivity contribution in [2.45, 2.75) is 76.7 Å².